The maximum absolute atomic E-state index is 6.53. The highest BCUT2D eigenvalue weighted by Gasteiger charge is 2.20. The van der Waals surface area contributed by atoms with Gasteiger partial charge in [0.2, 0.25) is 0 Å². The van der Waals surface area contributed by atoms with Crippen LogP contribution in [0, 0.1) is 0 Å². The fraction of sp³-hybridized carbons (Fsp3) is 0. The summed E-state index contributed by atoms with van der Waals surface area (Å²) in [4.78, 5) is 22.1. The van der Waals surface area contributed by atoms with Crippen molar-refractivity contribution < 1.29 is 4.42 Å². The molecule has 10 aromatic rings. The van der Waals surface area contributed by atoms with Crippen molar-refractivity contribution in [1.29, 1.82) is 0 Å². The maximum Gasteiger partial charge on any atom is 0.160 e. The van der Waals surface area contributed by atoms with Crippen molar-refractivity contribution in [3.63, 3.8) is 0 Å². The van der Waals surface area contributed by atoms with Gasteiger partial charge in [-0.15, -0.1) is 0 Å². The predicted octanol–water partition coefficient (Wildman–Crippen LogP) is 13.8. The molecule has 0 spiro atoms. The molecule has 0 saturated heterocycles. The molecule has 5 nitrogen and oxygen atoms in total. The van der Waals surface area contributed by atoms with E-state index in [9.17, 15) is 0 Å². The van der Waals surface area contributed by atoms with Gasteiger partial charge in [0.25, 0.3) is 0 Å². The molecule has 4 heterocycles. The highest BCUT2D eigenvalue weighted by atomic mass is 32.2. The number of aromatic nitrogens is 4. The molecule has 0 radical (unpaired) electrons. The Morgan fingerprint density at radius 2 is 1.02 bits per heavy atom. The number of nitrogens with zero attached hydrogens (tertiary/aromatic N) is 4. The molecule has 11 rings (SSSR count). The molecule has 0 aliphatic carbocycles. The van der Waals surface area contributed by atoms with Crippen LogP contribution in [-0.4, -0.2) is 19.9 Å². The fourth-order valence-corrected chi connectivity index (χ4v) is 8.89. The largest absolute Gasteiger partial charge is 0.456 e. The third-order valence-corrected chi connectivity index (χ3v) is 11.8. The summed E-state index contributed by atoms with van der Waals surface area (Å²) in [5, 5.41) is 2.20. The Hall–Kier alpha value is -7.41. The Morgan fingerprint density at radius 3 is 1.81 bits per heavy atom. The highest BCUT2D eigenvalue weighted by Crippen LogP contribution is 2.47. The molecule has 3 aromatic heterocycles. The summed E-state index contributed by atoms with van der Waals surface area (Å²) >= 11 is 1.79. The quantitative estimate of drug-likeness (QED) is 0.178. The summed E-state index contributed by atoms with van der Waals surface area (Å²) in [7, 11) is 0. The Kier molecular flexibility index (Phi) is 8.34. The van der Waals surface area contributed by atoms with Crippen molar-refractivity contribution in [2.45, 2.75) is 9.79 Å². The number of hydrogen-bond acceptors (Lipinski definition) is 6. The van der Waals surface area contributed by atoms with Gasteiger partial charge in [-0.05, 0) is 69.8 Å². The van der Waals surface area contributed by atoms with Crippen LogP contribution in [0.3, 0.4) is 0 Å². The van der Waals surface area contributed by atoms with Crippen LogP contribution in [0.25, 0.3) is 102 Å². The predicted molar refractivity (Wildman–Crippen MR) is 237 cm³/mol. The lowest BCUT2D eigenvalue weighted by Crippen LogP contribution is -1.98. The van der Waals surface area contributed by atoms with Crippen molar-refractivity contribution >= 4 is 45.9 Å². The van der Waals surface area contributed by atoms with E-state index in [4.69, 9.17) is 24.4 Å². The zero-order chi connectivity index (χ0) is 38.4. The number of furan rings is 1. The van der Waals surface area contributed by atoms with Crippen LogP contribution in [0.4, 0.5) is 0 Å². The van der Waals surface area contributed by atoms with E-state index in [-0.39, 0.29) is 0 Å². The number of hydrogen-bond donors (Lipinski definition) is 0. The lowest BCUT2D eigenvalue weighted by Gasteiger charge is -2.16. The van der Waals surface area contributed by atoms with Crippen LogP contribution >= 0.6 is 11.8 Å². The Morgan fingerprint density at radius 1 is 0.379 bits per heavy atom. The van der Waals surface area contributed by atoms with E-state index in [1.165, 1.54) is 16.0 Å². The third kappa shape index (κ3) is 6.17. The SMILES string of the molecule is C1=C\c2ccc(-c3cc(-c4cnc(-c5ccccc5)nc4)nc(-c4ccccc4)n3)cc2-c2cc3oc4ccccc4c3cc2Sc2ccccc2-c2ccccc2/1. The van der Waals surface area contributed by atoms with Crippen molar-refractivity contribution in [1.82, 2.24) is 19.9 Å². The second-order valence-corrected chi connectivity index (χ2v) is 15.3. The summed E-state index contributed by atoms with van der Waals surface area (Å²) in [6.07, 6.45) is 8.16. The van der Waals surface area contributed by atoms with Crippen molar-refractivity contribution in [2.24, 2.45) is 0 Å². The summed E-state index contributed by atoms with van der Waals surface area (Å²) in [6.45, 7) is 0. The average molecular weight is 761 g/mol. The number of benzene rings is 7. The second-order valence-electron chi connectivity index (χ2n) is 14.3. The molecule has 6 heteroatoms. The molecule has 0 atom stereocenters. The molecule has 0 amide bonds. The van der Waals surface area contributed by atoms with Crippen molar-refractivity contribution in [3.8, 4) is 67.5 Å². The Bertz CT molecular complexity index is 3190. The fourth-order valence-electron chi connectivity index (χ4n) is 7.76. The minimum atomic E-state index is 0.629. The zero-order valence-corrected chi connectivity index (χ0v) is 31.9. The van der Waals surface area contributed by atoms with Crippen LogP contribution < -0.4 is 0 Å². The molecule has 0 N–H and O–H groups in total. The number of fused-ring (bicyclic) bond motifs is 9. The summed E-state index contributed by atoms with van der Waals surface area (Å²) in [5.41, 5.74) is 13.7. The first-order valence-corrected chi connectivity index (χ1v) is 20.0. The minimum Gasteiger partial charge on any atom is -0.456 e. The van der Waals surface area contributed by atoms with Gasteiger partial charge in [0, 0.05) is 55.2 Å². The Labute approximate surface area is 339 Å². The normalized spacial score (nSPS) is 12.6. The molecule has 0 fully saturated rings. The summed E-state index contributed by atoms with van der Waals surface area (Å²) in [5.74, 6) is 1.30. The van der Waals surface area contributed by atoms with Gasteiger partial charge in [0.15, 0.2) is 11.6 Å². The molecule has 7 aromatic carbocycles. The van der Waals surface area contributed by atoms with Crippen LogP contribution in [0.15, 0.2) is 196 Å². The first-order valence-electron chi connectivity index (χ1n) is 19.2. The average Bonchev–Trinajstić information content (AvgIpc) is 3.65. The molecule has 1 aliphatic heterocycles. The molecule has 58 heavy (non-hydrogen) atoms. The van der Waals surface area contributed by atoms with Gasteiger partial charge < -0.3 is 4.42 Å². The van der Waals surface area contributed by atoms with Gasteiger partial charge >= 0.3 is 0 Å². The first kappa shape index (κ1) is 33.9. The van der Waals surface area contributed by atoms with Gasteiger partial charge in [0.1, 0.15) is 11.2 Å². The molecule has 0 saturated carbocycles. The van der Waals surface area contributed by atoms with Crippen molar-refractivity contribution in [3.05, 3.63) is 193 Å². The van der Waals surface area contributed by atoms with Gasteiger partial charge in [-0.1, -0.05) is 157 Å². The standard InChI is InChI=1S/C52H32N4OS/c1-3-14-35(15-4-1)51-53-31-38(32-54-51)46-30-45(55-52(56-46)36-16-5-2-6-17-36)37-26-25-34-24-23-33-13-7-8-18-39(33)41-20-10-12-22-49(41)58-50-29-43-40-19-9-11-21-47(40)57-48(43)28-44(50)42(34)27-37/h1-32H/b24-23-. The van der Waals surface area contributed by atoms with E-state index in [1.54, 1.807) is 11.8 Å². The van der Waals surface area contributed by atoms with E-state index in [1.807, 2.05) is 91.3 Å². The lowest BCUT2D eigenvalue weighted by molar-refractivity contribution is 0.669. The topological polar surface area (TPSA) is 64.7 Å². The van der Waals surface area contributed by atoms with Gasteiger partial charge in [-0.3, -0.25) is 0 Å². The lowest BCUT2D eigenvalue weighted by atomic mass is 9.93. The van der Waals surface area contributed by atoms with Gasteiger partial charge in [-0.2, -0.15) is 0 Å². The Balaban J connectivity index is 1.13. The molecular weight excluding hydrogens is 729 g/mol. The van der Waals surface area contributed by atoms with Crippen molar-refractivity contribution in [2.75, 3.05) is 0 Å². The molecule has 272 valence electrons. The molecular formula is C52H32N4OS. The second kappa shape index (κ2) is 14.3. The third-order valence-electron chi connectivity index (χ3n) is 10.7. The van der Waals surface area contributed by atoms with E-state index in [2.05, 4.69) is 103 Å². The molecule has 0 unspecified atom stereocenters. The zero-order valence-electron chi connectivity index (χ0n) is 31.1. The van der Waals surface area contributed by atoms with E-state index < -0.39 is 0 Å². The summed E-state index contributed by atoms with van der Waals surface area (Å²) < 4.78 is 6.53. The van der Waals surface area contributed by atoms with Crippen LogP contribution in [0.1, 0.15) is 11.1 Å². The van der Waals surface area contributed by atoms with Crippen LogP contribution in [-0.2, 0) is 0 Å². The molecule has 0 bridgehead atoms. The maximum atomic E-state index is 6.53. The van der Waals surface area contributed by atoms with E-state index in [0.29, 0.717) is 11.6 Å². The summed E-state index contributed by atoms with van der Waals surface area (Å²) in [6, 6.07) is 58.9. The first-order chi connectivity index (χ1) is 28.7. The van der Waals surface area contributed by atoms with Gasteiger partial charge in [-0.25, -0.2) is 19.9 Å². The highest BCUT2D eigenvalue weighted by molar-refractivity contribution is 7.99. The number of para-hydroxylation sites is 1. The van der Waals surface area contributed by atoms with E-state index >= 15 is 0 Å². The minimum absolute atomic E-state index is 0.629. The van der Waals surface area contributed by atoms with Crippen LogP contribution in [0.5, 0.6) is 0 Å². The van der Waals surface area contributed by atoms with E-state index in [0.717, 1.165) is 82.7 Å². The smallest absolute Gasteiger partial charge is 0.160 e. The number of rotatable bonds is 4. The van der Waals surface area contributed by atoms with Crippen LogP contribution in [0.2, 0.25) is 0 Å². The molecule has 1 aliphatic rings. The monoisotopic (exact) mass is 760 g/mol. The van der Waals surface area contributed by atoms with Gasteiger partial charge in [0.05, 0.1) is 11.4 Å².